The maximum absolute atomic E-state index is 12.2. The van der Waals surface area contributed by atoms with E-state index < -0.39 is 40.4 Å². The molecule has 0 aliphatic carbocycles. The molecule has 8 N–H and O–H groups in total. The van der Waals surface area contributed by atoms with E-state index in [-0.39, 0.29) is 6.54 Å². The predicted molar refractivity (Wildman–Crippen MR) is 81.3 cm³/mol. The van der Waals surface area contributed by atoms with E-state index in [0.717, 1.165) is 12.4 Å². The average molecular weight is 337 g/mol. The molecule has 128 valence electrons. The van der Waals surface area contributed by atoms with E-state index in [2.05, 4.69) is 6.58 Å². The maximum atomic E-state index is 12.2. The summed E-state index contributed by atoms with van der Waals surface area (Å²) in [6, 6.07) is -2.09. The van der Waals surface area contributed by atoms with Crippen LogP contribution < -0.4 is 38.6 Å². The number of nitrogens with one attached hydrogen (secondary N) is 4. The van der Waals surface area contributed by atoms with Gasteiger partial charge in [0.25, 0.3) is 11.8 Å². The first-order valence-corrected chi connectivity index (χ1v) is 6.32. The second kappa shape index (κ2) is 7.98. The Morgan fingerprint density at radius 3 is 1.71 bits per heavy atom. The minimum absolute atomic E-state index is 0.174. The van der Waals surface area contributed by atoms with Crippen LogP contribution in [-0.2, 0) is 6.54 Å². The van der Waals surface area contributed by atoms with Crippen molar-refractivity contribution >= 4 is 23.9 Å². The van der Waals surface area contributed by atoms with Gasteiger partial charge >= 0.3 is 12.1 Å². The fraction of sp³-hybridized carbons (Fsp3) is 0.0833. The molecule has 24 heavy (non-hydrogen) atoms. The van der Waals surface area contributed by atoms with Crippen molar-refractivity contribution in [3.05, 3.63) is 46.4 Å². The van der Waals surface area contributed by atoms with Crippen molar-refractivity contribution in [2.45, 2.75) is 6.54 Å². The van der Waals surface area contributed by atoms with Crippen molar-refractivity contribution in [3.8, 4) is 0 Å². The van der Waals surface area contributed by atoms with Crippen molar-refractivity contribution in [2.24, 2.45) is 11.5 Å². The number of carbonyl (C=O) groups excluding carboxylic acids is 4. The summed E-state index contributed by atoms with van der Waals surface area (Å²) in [7, 11) is 0. The van der Waals surface area contributed by atoms with Gasteiger partial charge in [-0.05, 0) is 0 Å². The van der Waals surface area contributed by atoms with Crippen molar-refractivity contribution in [1.29, 1.82) is 0 Å². The standard InChI is InChI=1S/C12H15N7O5/c1-2-3-19-4-6(9(21)15-17-11(13)23)8(20)7(5-19)10(22)16-18-12(14)24/h2,4-5H,1,3H2,(H,15,21)(H,16,22)(H3,13,17,23)(H3,14,18,24). The molecule has 0 bridgehead atoms. The number of aromatic nitrogens is 1. The molecular weight excluding hydrogens is 322 g/mol. The van der Waals surface area contributed by atoms with Crippen molar-refractivity contribution in [3.63, 3.8) is 0 Å². The highest BCUT2D eigenvalue weighted by molar-refractivity contribution is 5.99. The molecule has 0 saturated heterocycles. The summed E-state index contributed by atoms with van der Waals surface area (Å²) in [5.74, 6) is -1.98. The number of hydrogen-bond acceptors (Lipinski definition) is 5. The Hall–Kier alpha value is -3.83. The molecule has 6 amide bonds. The molecule has 0 fully saturated rings. The lowest BCUT2D eigenvalue weighted by Gasteiger charge is -2.11. The Balaban J connectivity index is 3.23. The van der Waals surface area contributed by atoms with Crippen LogP contribution >= 0.6 is 0 Å². The maximum Gasteiger partial charge on any atom is 0.330 e. The van der Waals surface area contributed by atoms with Gasteiger partial charge in [0.2, 0.25) is 5.43 Å². The molecule has 0 aromatic carbocycles. The van der Waals surface area contributed by atoms with E-state index in [1.54, 1.807) is 0 Å². The highest BCUT2D eigenvalue weighted by Gasteiger charge is 2.19. The second-order valence-electron chi connectivity index (χ2n) is 4.29. The van der Waals surface area contributed by atoms with Crippen LogP contribution in [0.1, 0.15) is 20.7 Å². The number of amides is 6. The highest BCUT2D eigenvalue weighted by Crippen LogP contribution is 2.00. The number of rotatable bonds is 4. The van der Waals surface area contributed by atoms with Crippen LogP contribution in [-0.4, -0.2) is 28.4 Å². The normalized spacial score (nSPS) is 9.50. The van der Waals surface area contributed by atoms with Gasteiger partial charge < -0.3 is 16.0 Å². The third kappa shape index (κ3) is 4.87. The van der Waals surface area contributed by atoms with Gasteiger partial charge in [-0.3, -0.25) is 25.2 Å². The quantitative estimate of drug-likeness (QED) is 0.264. The molecule has 0 aliphatic heterocycles. The largest absolute Gasteiger partial charge is 0.350 e. The molecule has 0 saturated carbocycles. The van der Waals surface area contributed by atoms with E-state index in [1.165, 1.54) is 10.6 Å². The van der Waals surface area contributed by atoms with Gasteiger partial charge in [-0.1, -0.05) is 6.08 Å². The first-order valence-electron chi connectivity index (χ1n) is 6.32. The minimum Gasteiger partial charge on any atom is -0.350 e. The van der Waals surface area contributed by atoms with Gasteiger partial charge in [0, 0.05) is 18.9 Å². The smallest absolute Gasteiger partial charge is 0.330 e. The van der Waals surface area contributed by atoms with Gasteiger partial charge in [0.15, 0.2) is 0 Å². The Bertz CT molecular complexity index is 700. The van der Waals surface area contributed by atoms with Gasteiger partial charge in [0.1, 0.15) is 11.1 Å². The zero-order chi connectivity index (χ0) is 18.3. The second-order valence-corrected chi connectivity index (χ2v) is 4.29. The summed E-state index contributed by atoms with van der Waals surface area (Å²) in [6.45, 7) is 3.67. The number of pyridine rings is 1. The number of hydrazine groups is 2. The van der Waals surface area contributed by atoms with Crippen LogP contribution in [0.3, 0.4) is 0 Å². The fourth-order valence-electron chi connectivity index (χ4n) is 1.58. The van der Waals surface area contributed by atoms with E-state index in [0.29, 0.717) is 0 Å². The van der Waals surface area contributed by atoms with Crippen LogP contribution in [0, 0.1) is 0 Å². The van der Waals surface area contributed by atoms with Gasteiger partial charge in [-0.15, -0.1) is 6.58 Å². The number of nitrogens with two attached hydrogens (primary N) is 2. The van der Waals surface area contributed by atoms with Crippen molar-refractivity contribution in [1.82, 2.24) is 26.3 Å². The Morgan fingerprint density at radius 2 is 1.38 bits per heavy atom. The Labute approximate surface area is 134 Å². The highest BCUT2D eigenvalue weighted by atomic mass is 16.2. The molecular formula is C12H15N7O5. The number of primary amides is 2. The molecule has 0 spiro atoms. The summed E-state index contributed by atoms with van der Waals surface area (Å²) in [4.78, 5) is 57.3. The molecule has 12 nitrogen and oxygen atoms in total. The van der Waals surface area contributed by atoms with Crippen LogP contribution in [0.25, 0.3) is 0 Å². The van der Waals surface area contributed by atoms with E-state index in [1.807, 2.05) is 21.7 Å². The Morgan fingerprint density at radius 1 is 0.958 bits per heavy atom. The summed E-state index contributed by atoms with van der Waals surface area (Å²) < 4.78 is 1.33. The number of carbonyl (C=O) groups is 4. The summed E-state index contributed by atoms with van der Waals surface area (Å²) in [6.07, 6.45) is 3.76. The zero-order valence-electron chi connectivity index (χ0n) is 12.3. The summed E-state index contributed by atoms with van der Waals surface area (Å²) >= 11 is 0. The molecule has 12 heteroatoms. The first kappa shape index (κ1) is 18.2. The number of hydrogen-bond donors (Lipinski definition) is 6. The van der Waals surface area contributed by atoms with Crippen molar-refractivity contribution < 1.29 is 19.2 Å². The lowest BCUT2D eigenvalue weighted by Crippen LogP contribution is -2.48. The van der Waals surface area contributed by atoms with Crippen LogP contribution in [0.5, 0.6) is 0 Å². The topological polar surface area (TPSA) is 190 Å². The molecule has 1 aromatic heterocycles. The fourth-order valence-corrected chi connectivity index (χ4v) is 1.58. The summed E-state index contributed by atoms with van der Waals surface area (Å²) in [5.41, 5.74) is 15.2. The SMILES string of the molecule is C=CCn1cc(C(=O)NNC(N)=O)c(=O)c(C(=O)NNC(N)=O)c1. The van der Waals surface area contributed by atoms with Gasteiger partial charge in [-0.2, -0.15) is 0 Å². The molecule has 0 atom stereocenters. The zero-order valence-corrected chi connectivity index (χ0v) is 12.3. The third-order valence-corrected chi connectivity index (χ3v) is 2.51. The molecule has 1 rings (SSSR count). The van der Waals surface area contributed by atoms with Crippen LogP contribution in [0.2, 0.25) is 0 Å². The summed E-state index contributed by atoms with van der Waals surface area (Å²) in [5, 5.41) is 0. The first-order chi connectivity index (χ1) is 11.3. The Kier molecular flexibility index (Phi) is 6.05. The molecule has 1 heterocycles. The lowest BCUT2D eigenvalue weighted by atomic mass is 10.1. The minimum atomic E-state index is -1.05. The third-order valence-electron chi connectivity index (χ3n) is 2.51. The average Bonchev–Trinajstić information content (AvgIpc) is 2.51. The van der Waals surface area contributed by atoms with Crippen LogP contribution in [0.4, 0.5) is 9.59 Å². The van der Waals surface area contributed by atoms with E-state index in [9.17, 15) is 24.0 Å². The van der Waals surface area contributed by atoms with E-state index in [4.69, 9.17) is 11.5 Å². The number of nitrogens with zero attached hydrogens (tertiary/aromatic N) is 1. The monoisotopic (exact) mass is 337 g/mol. The molecule has 0 unspecified atom stereocenters. The van der Waals surface area contributed by atoms with Crippen LogP contribution in [0.15, 0.2) is 29.8 Å². The predicted octanol–water partition coefficient (Wildman–Crippen LogP) is -2.34. The van der Waals surface area contributed by atoms with E-state index >= 15 is 0 Å². The lowest BCUT2D eigenvalue weighted by molar-refractivity contribution is 0.0932. The molecule has 1 aromatic rings. The molecule has 0 radical (unpaired) electrons. The molecule has 0 aliphatic rings. The number of urea groups is 2. The van der Waals surface area contributed by atoms with Crippen molar-refractivity contribution in [2.75, 3.05) is 0 Å². The van der Waals surface area contributed by atoms with Gasteiger partial charge in [0.05, 0.1) is 0 Å². The van der Waals surface area contributed by atoms with Gasteiger partial charge in [-0.25, -0.2) is 20.4 Å². The number of allylic oxidation sites excluding steroid dienone is 1.